The molecule has 2 atom stereocenters. The van der Waals surface area contributed by atoms with Gasteiger partial charge in [-0.25, -0.2) is 9.59 Å². The van der Waals surface area contributed by atoms with Crippen LogP contribution in [0.15, 0.2) is 84.9 Å². The summed E-state index contributed by atoms with van der Waals surface area (Å²) in [5.74, 6) is -0.249. The van der Waals surface area contributed by atoms with Crippen LogP contribution in [0.5, 0.6) is 5.75 Å². The van der Waals surface area contributed by atoms with Crippen molar-refractivity contribution in [1.82, 2.24) is 10.6 Å². The maximum Gasteiger partial charge on any atom is 0.407 e. The molecule has 0 saturated carbocycles. The van der Waals surface area contributed by atoms with Gasteiger partial charge in [-0.15, -0.1) is 0 Å². The Balaban J connectivity index is 1.44. The second kappa shape index (κ2) is 16.9. The van der Waals surface area contributed by atoms with E-state index in [0.29, 0.717) is 38.8 Å². The molecule has 0 heterocycles. The van der Waals surface area contributed by atoms with Crippen LogP contribution in [0.3, 0.4) is 0 Å². The summed E-state index contributed by atoms with van der Waals surface area (Å²) < 4.78 is 16.6. The molecule has 0 fully saturated rings. The third-order valence-electron chi connectivity index (χ3n) is 6.37. The van der Waals surface area contributed by atoms with Crippen LogP contribution < -0.4 is 21.1 Å². The zero-order chi connectivity index (χ0) is 31.1. The highest BCUT2D eigenvalue weighted by atomic mass is 16.6. The molecule has 0 aliphatic carbocycles. The van der Waals surface area contributed by atoms with Crippen LogP contribution in [0, 0.1) is 0 Å². The number of unbranched alkanes of at least 4 members (excludes halogenated alkanes) is 1. The third kappa shape index (κ3) is 13.0. The van der Waals surface area contributed by atoms with Crippen LogP contribution in [-0.2, 0) is 38.7 Å². The van der Waals surface area contributed by atoms with Crippen molar-refractivity contribution >= 4 is 18.0 Å². The normalized spacial score (nSPS) is 12.5. The number of esters is 1. The number of nitrogens with two attached hydrogens (primary N) is 1. The Morgan fingerprint density at radius 3 is 2.00 bits per heavy atom. The van der Waals surface area contributed by atoms with Crippen molar-refractivity contribution in [1.29, 1.82) is 0 Å². The lowest BCUT2D eigenvalue weighted by molar-refractivity contribution is -0.159. The number of carbonyl (C=O) groups is 3. The highest BCUT2D eigenvalue weighted by Gasteiger charge is 2.28. The molecule has 9 heteroatoms. The lowest BCUT2D eigenvalue weighted by Crippen LogP contribution is -2.50. The van der Waals surface area contributed by atoms with Gasteiger partial charge >= 0.3 is 12.1 Å². The maximum absolute atomic E-state index is 13.0. The molecular formula is C34H43N3O6. The first-order valence-electron chi connectivity index (χ1n) is 14.6. The Kier molecular flexibility index (Phi) is 13.0. The third-order valence-corrected chi connectivity index (χ3v) is 6.37. The molecule has 3 aromatic rings. The van der Waals surface area contributed by atoms with Crippen molar-refractivity contribution in [3.05, 3.63) is 102 Å². The fraction of sp³-hybridized carbons (Fsp3) is 0.382. The summed E-state index contributed by atoms with van der Waals surface area (Å²) in [5, 5.41) is 5.48. The molecule has 0 spiro atoms. The van der Waals surface area contributed by atoms with Gasteiger partial charge in [0.15, 0.2) is 0 Å². The van der Waals surface area contributed by atoms with E-state index in [9.17, 15) is 14.4 Å². The van der Waals surface area contributed by atoms with E-state index in [1.165, 1.54) is 0 Å². The van der Waals surface area contributed by atoms with Crippen LogP contribution in [0.2, 0.25) is 0 Å². The fourth-order valence-corrected chi connectivity index (χ4v) is 4.15. The second-order valence-corrected chi connectivity index (χ2v) is 11.3. The number of hydrogen-bond donors (Lipinski definition) is 3. The number of alkyl carbamates (subject to hydrolysis) is 1. The lowest BCUT2D eigenvalue weighted by atomic mass is 10.0. The monoisotopic (exact) mass is 589 g/mol. The minimum Gasteiger partial charge on any atom is -0.489 e. The van der Waals surface area contributed by atoms with Crippen LogP contribution in [0.1, 0.15) is 56.7 Å². The van der Waals surface area contributed by atoms with E-state index in [0.717, 1.165) is 22.4 Å². The number of ether oxygens (including phenoxy) is 3. The first kappa shape index (κ1) is 33.1. The smallest absolute Gasteiger partial charge is 0.407 e. The van der Waals surface area contributed by atoms with Gasteiger partial charge < -0.3 is 30.6 Å². The van der Waals surface area contributed by atoms with Crippen molar-refractivity contribution < 1.29 is 28.6 Å². The molecule has 2 amide bonds. The number of carbonyl (C=O) groups excluding carboxylic acids is 3. The average molecular weight is 590 g/mol. The quantitative estimate of drug-likeness (QED) is 0.167. The number of benzene rings is 3. The molecule has 0 aliphatic rings. The zero-order valence-electron chi connectivity index (χ0n) is 25.2. The summed E-state index contributed by atoms with van der Waals surface area (Å²) in [5.41, 5.74) is 8.35. The number of rotatable bonds is 15. The van der Waals surface area contributed by atoms with Crippen molar-refractivity contribution in [3.8, 4) is 5.75 Å². The van der Waals surface area contributed by atoms with Crippen molar-refractivity contribution in [2.75, 3.05) is 6.54 Å². The van der Waals surface area contributed by atoms with Gasteiger partial charge in [0.1, 0.15) is 30.6 Å². The minimum atomic E-state index is -0.864. The van der Waals surface area contributed by atoms with Gasteiger partial charge in [-0.3, -0.25) is 4.79 Å². The summed E-state index contributed by atoms with van der Waals surface area (Å²) in [6, 6.07) is 25.0. The summed E-state index contributed by atoms with van der Waals surface area (Å²) >= 11 is 0. The molecule has 0 aromatic heterocycles. The summed E-state index contributed by atoms with van der Waals surface area (Å²) in [6.07, 6.45) is 1.26. The summed E-state index contributed by atoms with van der Waals surface area (Å²) in [6.45, 7) is 6.33. The van der Waals surface area contributed by atoms with Crippen molar-refractivity contribution in [2.24, 2.45) is 5.73 Å². The van der Waals surface area contributed by atoms with Gasteiger partial charge in [-0.05, 0) is 75.3 Å². The lowest BCUT2D eigenvalue weighted by Gasteiger charge is -2.25. The minimum absolute atomic E-state index is 0.186. The Morgan fingerprint density at radius 1 is 0.791 bits per heavy atom. The molecule has 0 bridgehead atoms. The molecule has 9 nitrogen and oxygen atoms in total. The van der Waals surface area contributed by atoms with Gasteiger partial charge in [0, 0.05) is 6.54 Å². The molecule has 0 saturated heterocycles. The standard InChI is InChI=1S/C34H43N3O6/c1-34(2,3)43-32(39)30(16-10-11-21-36-33(40)42-24-27-14-8-5-9-15-27)37-31(38)29(35)22-25-17-19-28(20-18-25)41-23-26-12-6-4-7-13-26/h4-9,12-15,17-20,29-30H,10-11,16,21-24,35H2,1-3H3,(H,36,40)(H,37,38)/t29-,30-/m0/s1. The largest absolute Gasteiger partial charge is 0.489 e. The fourth-order valence-electron chi connectivity index (χ4n) is 4.15. The highest BCUT2D eigenvalue weighted by molar-refractivity contribution is 5.87. The molecule has 0 radical (unpaired) electrons. The molecular weight excluding hydrogens is 546 g/mol. The Hall–Kier alpha value is -4.37. The molecule has 0 aliphatic heterocycles. The van der Waals surface area contributed by atoms with E-state index in [1.807, 2.05) is 84.9 Å². The molecule has 0 unspecified atom stereocenters. The van der Waals surface area contributed by atoms with Crippen LogP contribution in [0.4, 0.5) is 4.79 Å². The summed E-state index contributed by atoms with van der Waals surface area (Å²) in [4.78, 5) is 37.8. The average Bonchev–Trinajstić information content (AvgIpc) is 2.99. The van der Waals surface area contributed by atoms with Crippen LogP contribution in [-0.4, -0.2) is 42.2 Å². The Morgan fingerprint density at radius 2 is 1.40 bits per heavy atom. The molecule has 4 N–H and O–H groups in total. The van der Waals surface area contributed by atoms with E-state index in [2.05, 4.69) is 10.6 Å². The highest BCUT2D eigenvalue weighted by Crippen LogP contribution is 2.16. The predicted octanol–water partition coefficient (Wildman–Crippen LogP) is 5.06. The van der Waals surface area contributed by atoms with E-state index >= 15 is 0 Å². The Labute approximate surface area is 254 Å². The SMILES string of the molecule is CC(C)(C)OC(=O)[C@H](CCCCNC(=O)OCc1ccccc1)NC(=O)[C@@H](N)Cc1ccc(OCc2ccccc2)cc1. The molecule has 3 rings (SSSR count). The number of nitrogens with one attached hydrogen (secondary N) is 2. The molecule has 43 heavy (non-hydrogen) atoms. The maximum atomic E-state index is 13.0. The molecule has 3 aromatic carbocycles. The van der Waals surface area contributed by atoms with Gasteiger partial charge in [0.25, 0.3) is 0 Å². The summed E-state index contributed by atoms with van der Waals surface area (Å²) in [7, 11) is 0. The first-order valence-corrected chi connectivity index (χ1v) is 14.6. The number of hydrogen-bond acceptors (Lipinski definition) is 7. The Bertz CT molecular complexity index is 1280. The topological polar surface area (TPSA) is 129 Å². The second-order valence-electron chi connectivity index (χ2n) is 11.3. The van der Waals surface area contributed by atoms with Crippen molar-refractivity contribution in [2.45, 2.75) is 77.4 Å². The zero-order valence-corrected chi connectivity index (χ0v) is 25.2. The van der Waals surface area contributed by atoms with Crippen molar-refractivity contribution in [3.63, 3.8) is 0 Å². The van der Waals surface area contributed by atoms with E-state index < -0.39 is 35.7 Å². The van der Waals surface area contributed by atoms with Crippen LogP contribution in [0.25, 0.3) is 0 Å². The number of amides is 2. The first-order chi connectivity index (χ1) is 20.6. The van der Waals surface area contributed by atoms with Gasteiger partial charge in [0.2, 0.25) is 5.91 Å². The van der Waals surface area contributed by atoms with E-state index in [4.69, 9.17) is 19.9 Å². The van der Waals surface area contributed by atoms with E-state index in [1.54, 1.807) is 20.8 Å². The molecule has 230 valence electrons. The van der Waals surface area contributed by atoms with Gasteiger partial charge in [-0.2, -0.15) is 0 Å². The van der Waals surface area contributed by atoms with Gasteiger partial charge in [0.05, 0.1) is 6.04 Å². The van der Waals surface area contributed by atoms with E-state index in [-0.39, 0.29) is 6.61 Å². The van der Waals surface area contributed by atoms with Crippen LogP contribution >= 0.6 is 0 Å². The predicted molar refractivity (Wildman–Crippen MR) is 165 cm³/mol. The van der Waals surface area contributed by atoms with Gasteiger partial charge in [-0.1, -0.05) is 72.8 Å².